The number of hydrogen-bond acceptors (Lipinski definition) is 2. The van der Waals surface area contributed by atoms with Crippen molar-refractivity contribution in [1.82, 2.24) is 5.32 Å². The van der Waals surface area contributed by atoms with E-state index in [4.69, 9.17) is 27.9 Å². The van der Waals surface area contributed by atoms with Crippen LogP contribution in [0.1, 0.15) is 11.1 Å². The number of halogens is 2. The molecule has 0 saturated carbocycles. The molecule has 0 unspecified atom stereocenters. The lowest BCUT2D eigenvalue weighted by atomic mass is 10.2. The second-order valence-corrected chi connectivity index (χ2v) is 5.16. The molecule has 0 heterocycles. The predicted molar refractivity (Wildman–Crippen MR) is 80.5 cm³/mol. The lowest BCUT2D eigenvalue weighted by molar-refractivity contribution is 0.474. The fourth-order valence-electron chi connectivity index (χ4n) is 1.77. The summed E-state index contributed by atoms with van der Waals surface area (Å²) in [7, 11) is 1.89. The molecule has 2 rings (SSSR count). The molecule has 0 radical (unpaired) electrons. The average Bonchev–Trinajstić information content (AvgIpc) is 2.37. The van der Waals surface area contributed by atoms with Gasteiger partial charge < -0.3 is 10.1 Å². The summed E-state index contributed by atoms with van der Waals surface area (Å²) < 4.78 is 5.90. The lowest BCUT2D eigenvalue weighted by Crippen LogP contribution is -2.06. The van der Waals surface area contributed by atoms with Crippen molar-refractivity contribution >= 4 is 23.2 Å². The minimum absolute atomic E-state index is 0.584. The summed E-state index contributed by atoms with van der Waals surface area (Å²) in [5.74, 6) is 1.36. The van der Waals surface area contributed by atoms with Crippen LogP contribution in [0.4, 0.5) is 0 Å². The van der Waals surface area contributed by atoms with E-state index in [1.807, 2.05) is 44.3 Å². The number of benzene rings is 2. The van der Waals surface area contributed by atoms with Gasteiger partial charge in [-0.1, -0.05) is 35.3 Å². The first-order valence-electron chi connectivity index (χ1n) is 5.97. The molecule has 0 aliphatic rings. The van der Waals surface area contributed by atoms with Gasteiger partial charge in [0.05, 0.1) is 5.02 Å². The third-order valence-corrected chi connectivity index (χ3v) is 3.25. The van der Waals surface area contributed by atoms with Gasteiger partial charge in [0.2, 0.25) is 0 Å². The van der Waals surface area contributed by atoms with Gasteiger partial charge in [0.1, 0.15) is 11.5 Å². The van der Waals surface area contributed by atoms with Crippen molar-refractivity contribution in [1.29, 1.82) is 0 Å². The van der Waals surface area contributed by atoms with Crippen LogP contribution in [0.15, 0.2) is 36.4 Å². The average molecular weight is 296 g/mol. The van der Waals surface area contributed by atoms with Crippen molar-refractivity contribution in [3.63, 3.8) is 0 Å². The highest BCUT2D eigenvalue weighted by molar-refractivity contribution is 6.32. The molecule has 2 nitrogen and oxygen atoms in total. The van der Waals surface area contributed by atoms with Crippen molar-refractivity contribution in [2.75, 3.05) is 7.05 Å². The summed E-state index contributed by atoms with van der Waals surface area (Å²) in [5.41, 5.74) is 2.13. The Morgan fingerprint density at radius 3 is 2.58 bits per heavy atom. The molecule has 0 bridgehead atoms. The van der Waals surface area contributed by atoms with Gasteiger partial charge >= 0.3 is 0 Å². The molecular formula is C15H15Cl2NO. The first-order valence-corrected chi connectivity index (χ1v) is 6.73. The molecule has 0 atom stereocenters. The first-order chi connectivity index (χ1) is 9.10. The van der Waals surface area contributed by atoms with Crippen molar-refractivity contribution < 1.29 is 4.74 Å². The van der Waals surface area contributed by atoms with Gasteiger partial charge in [0.25, 0.3) is 0 Å². The summed E-state index contributed by atoms with van der Waals surface area (Å²) >= 11 is 12.2. The molecule has 0 saturated heterocycles. The van der Waals surface area contributed by atoms with E-state index in [1.165, 1.54) is 0 Å². The molecule has 0 spiro atoms. The van der Waals surface area contributed by atoms with Crippen LogP contribution in [0.3, 0.4) is 0 Å². The maximum atomic E-state index is 6.14. The van der Waals surface area contributed by atoms with Crippen LogP contribution in [0.25, 0.3) is 0 Å². The summed E-state index contributed by atoms with van der Waals surface area (Å²) in [6.07, 6.45) is 0. The maximum absolute atomic E-state index is 6.14. The molecule has 0 amide bonds. The minimum Gasteiger partial charge on any atom is -0.455 e. The van der Waals surface area contributed by atoms with E-state index in [0.717, 1.165) is 11.1 Å². The molecule has 0 aromatic heterocycles. The largest absolute Gasteiger partial charge is 0.455 e. The molecular weight excluding hydrogens is 281 g/mol. The van der Waals surface area contributed by atoms with E-state index >= 15 is 0 Å². The van der Waals surface area contributed by atoms with Gasteiger partial charge in [-0.15, -0.1) is 0 Å². The third kappa shape index (κ3) is 3.63. The molecule has 4 heteroatoms. The van der Waals surface area contributed by atoms with Crippen molar-refractivity contribution in [2.45, 2.75) is 13.5 Å². The summed E-state index contributed by atoms with van der Waals surface area (Å²) in [6.45, 7) is 2.70. The van der Waals surface area contributed by atoms with E-state index in [1.54, 1.807) is 6.07 Å². The number of hydrogen-bond donors (Lipinski definition) is 1. The Bertz CT molecular complexity index is 584. The summed E-state index contributed by atoms with van der Waals surface area (Å²) in [4.78, 5) is 0. The highest BCUT2D eigenvalue weighted by Crippen LogP contribution is 2.33. The molecule has 2 aromatic rings. The van der Waals surface area contributed by atoms with E-state index < -0.39 is 0 Å². The van der Waals surface area contributed by atoms with Gasteiger partial charge in [-0.25, -0.2) is 0 Å². The Morgan fingerprint density at radius 1 is 1.05 bits per heavy atom. The van der Waals surface area contributed by atoms with E-state index in [9.17, 15) is 0 Å². The molecule has 0 fully saturated rings. The Balaban J connectivity index is 2.36. The minimum atomic E-state index is 0.584. The van der Waals surface area contributed by atoms with Gasteiger partial charge in [0, 0.05) is 17.1 Å². The molecule has 19 heavy (non-hydrogen) atoms. The van der Waals surface area contributed by atoms with Gasteiger partial charge in [-0.3, -0.25) is 0 Å². The number of rotatable bonds is 4. The third-order valence-electron chi connectivity index (χ3n) is 2.70. The summed E-state index contributed by atoms with van der Waals surface area (Å²) in [5, 5.41) is 4.32. The lowest BCUT2D eigenvalue weighted by Gasteiger charge is -2.13. The van der Waals surface area contributed by atoms with Gasteiger partial charge in [0.15, 0.2) is 0 Å². The maximum Gasteiger partial charge on any atom is 0.146 e. The second-order valence-electron chi connectivity index (χ2n) is 4.32. The Hall–Kier alpha value is -1.22. The van der Waals surface area contributed by atoms with Crippen LogP contribution < -0.4 is 10.1 Å². The van der Waals surface area contributed by atoms with Crippen LogP contribution in [-0.2, 0) is 6.54 Å². The summed E-state index contributed by atoms with van der Waals surface area (Å²) in [6, 6.07) is 11.3. The highest BCUT2D eigenvalue weighted by Gasteiger charge is 2.08. The number of nitrogens with one attached hydrogen (secondary N) is 1. The zero-order valence-electron chi connectivity index (χ0n) is 10.8. The quantitative estimate of drug-likeness (QED) is 0.874. The molecule has 100 valence electrons. The Labute approximate surface area is 123 Å². The van der Waals surface area contributed by atoms with Crippen molar-refractivity contribution in [2.24, 2.45) is 0 Å². The topological polar surface area (TPSA) is 21.3 Å². The van der Waals surface area contributed by atoms with Crippen LogP contribution in [0.2, 0.25) is 10.0 Å². The zero-order valence-corrected chi connectivity index (χ0v) is 12.3. The molecule has 1 N–H and O–H groups in total. The van der Waals surface area contributed by atoms with E-state index in [-0.39, 0.29) is 0 Å². The number of aryl methyl sites for hydroxylation is 1. The van der Waals surface area contributed by atoms with Gasteiger partial charge in [-0.05, 0) is 43.8 Å². The first kappa shape index (κ1) is 14.2. The van der Waals surface area contributed by atoms with Crippen LogP contribution in [-0.4, -0.2) is 7.05 Å². The Kier molecular flexibility index (Phi) is 4.70. The second kappa shape index (κ2) is 6.29. The predicted octanol–water partition coefficient (Wildman–Crippen LogP) is 4.81. The smallest absolute Gasteiger partial charge is 0.146 e. The van der Waals surface area contributed by atoms with Crippen LogP contribution in [0, 0.1) is 6.92 Å². The van der Waals surface area contributed by atoms with Gasteiger partial charge in [-0.2, -0.15) is 0 Å². The van der Waals surface area contributed by atoms with Crippen molar-refractivity contribution in [3.05, 3.63) is 57.6 Å². The monoisotopic (exact) mass is 295 g/mol. The van der Waals surface area contributed by atoms with Crippen LogP contribution >= 0.6 is 23.2 Å². The fraction of sp³-hybridized carbons (Fsp3) is 0.200. The molecule has 0 aliphatic heterocycles. The fourth-order valence-corrected chi connectivity index (χ4v) is 2.09. The van der Waals surface area contributed by atoms with Crippen molar-refractivity contribution in [3.8, 4) is 11.5 Å². The SMILES string of the molecule is CNCc1ccc(Cl)cc1Oc1cc(C)ccc1Cl. The van der Waals surface area contributed by atoms with E-state index in [0.29, 0.717) is 28.1 Å². The normalized spacial score (nSPS) is 10.5. The zero-order chi connectivity index (χ0) is 13.8. The van der Waals surface area contributed by atoms with Crippen LogP contribution in [0.5, 0.6) is 11.5 Å². The number of ether oxygens (including phenoxy) is 1. The highest BCUT2D eigenvalue weighted by atomic mass is 35.5. The van der Waals surface area contributed by atoms with E-state index in [2.05, 4.69) is 5.32 Å². The standard InChI is InChI=1S/C15H15Cl2NO/c1-10-3-6-13(17)15(7-10)19-14-8-12(16)5-4-11(14)9-18-2/h3-8,18H,9H2,1-2H3. The molecule has 2 aromatic carbocycles. The Morgan fingerprint density at radius 2 is 1.84 bits per heavy atom. The molecule has 0 aliphatic carbocycles.